The third kappa shape index (κ3) is 6.58. The Morgan fingerprint density at radius 3 is 1.83 bits per heavy atom. The molecule has 0 bridgehead atoms. The molecule has 0 atom stereocenters. The van der Waals surface area contributed by atoms with Gasteiger partial charge in [-0.2, -0.15) is 0 Å². The number of ether oxygens (including phenoxy) is 2. The van der Waals surface area contributed by atoms with Crippen molar-refractivity contribution in [3.63, 3.8) is 0 Å². The molecule has 0 fully saturated rings. The second-order valence-corrected chi connectivity index (χ2v) is 2.42. The molecular weight excluding hydrogens is 154 g/mol. The van der Waals surface area contributed by atoms with Gasteiger partial charge >= 0.3 is 0 Å². The smallest absolute Gasteiger partial charge is 0.101 e. The van der Waals surface area contributed by atoms with Crippen LogP contribution in [-0.2, 0) is 9.47 Å². The Bertz CT molecular complexity index is 80.6. The maximum atomic E-state index is 5.26. The molecule has 0 spiro atoms. The van der Waals surface area contributed by atoms with Crippen molar-refractivity contribution in [2.45, 2.75) is 27.2 Å². The molecule has 0 aromatic carbocycles. The Hall–Kier alpha value is -0.120. The summed E-state index contributed by atoms with van der Waals surface area (Å²) < 4.78 is 10.5. The van der Waals surface area contributed by atoms with Crippen molar-refractivity contribution in [3.8, 4) is 0 Å². The lowest BCUT2D eigenvalue weighted by molar-refractivity contribution is -0.0236. The summed E-state index contributed by atoms with van der Waals surface area (Å²) in [6, 6.07) is 0. The van der Waals surface area contributed by atoms with E-state index in [4.69, 9.17) is 9.47 Å². The first-order chi connectivity index (χ1) is 5.85. The summed E-state index contributed by atoms with van der Waals surface area (Å²) in [4.78, 5) is 2.03. The zero-order valence-electron chi connectivity index (χ0n) is 8.38. The molecule has 1 radical (unpaired) electrons. The topological polar surface area (TPSA) is 21.7 Å². The lowest BCUT2D eigenvalue weighted by Gasteiger charge is -2.19. The molecule has 3 nitrogen and oxygen atoms in total. The van der Waals surface area contributed by atoms with Gasteiger partial charge in [-0.1, -0.05) is 6.92 Å². The maximum Gasteiger partial charge on any atom is 0.101 e. The van der Waals surface area contributed by atoms with E-state index in [0.29, 0.717) is 13.5 Å². The number of hydrogen-bond donors (Lipinski definition) is 0. The Labute approximate surface area is 75.6 Å². The Morgan fingerprint density at radius 2 is 1.50 bits per heavy atom. The highest BCUT2D eigenvalue weighted by atomic mass is 16.5. The minimum Gasteiger partial charge on any atom is -0.366 e. The maximum absolute atomic E-state index is 5.26. The van der Waals surface area contributed by atoms with Crippen LogP contribution in [-0.4, -0.2) is 31.6 Å². The second-order valence-electron chi connectivity index (χ2n) is 2.42. The highest BCUT2D eigenvalue weighted by Gasteiger charge is 2.02. The van der Waals surface area contributed by atoms with Crippen molar-refractivity contribution >= 4 is 0 Å². The van der Waals surface area contributed by atoms with Crippen LogP contribution in [0.3, 0.4) is 0 Å². The van der Waals surface area contributed by atoms with Crippen molar-refractivity contribution in [2.75, 3.05) is 26.7 Å². The van der Waals surface area contributed by atoms with Gasteiger partial charge in [-0.25, -0.2) is 0 Å². The summed E-state index contributed by atoms with van der Waals surface area (Å²) in [5.41, 5.74) is 0. The molecule has 0 aromatic rings. The van der Waals surface area contributed by atoms with E-state index >= 15 is 0 Å². The molecule has 0 saturated heterocycles. The fourth-order valence-electron chi connectivity index (χ4n) is 0.818. The van der Waals surface area contributed by atoms with Gasteiger partial charge in [0, 0.05) is 19.8 Å². The average molecular weight is 174 g/mol. The average Bonchev–Trinajstić information content (AvgIpc) is 2.10. The fraction of sp³-hybridized carbons (Fsp3) is 0.889. The minimum absolute atomic E-state index is 0.629. The van der Waals surface area contributed by atoms with E-state index in [1.165, 1.54) is 0 Å². The largest absolute Gasteiger partial charge is 0.366 e. The third-order valence-electron chi connectivity index (χ3n) is 1.36. The Kier molecular flexibility index (Phi) is 8.88. The number of nitrogens with zero attached hydrogens (tertiary/aromatic N) is 1. The van der Waals surface area contributed by atoms with Gasteiger partial charge in [0.25, 0.3) is 0 Å². The highest BCUT2D eigenvalue weighted by molar-refractivity contribution is 4.59. The molecule has 0 rings (SSSR count). The van der Waals surface area contributed by atoms with Crippen LogP contribution in [0.1, 0.15) is 27.2 Å². The van der Waals surface area contributed by atoms with Gasteiger partial charge in [0.1, 0.15) is 13.5 Å². The van der Waals surface area contributed by atoms with Crippen molar-refractivity contribution in [3.05, 3.63) is 6.54 Å². The first kappa shape index (κ1) is 11.9. The predicted octanol–water partition coefficient (Wildman–Crippen LogP) is 1.85. The molecular formula is C9H20NO2. The van der Waals surface area contributed by atoms with Gasteiger partial charge in [-0.3, -0.25) is 4.90 Å². The summed E-state index contributed by atoms with van der Waals surface area (Å²) in [5.74, 6) is 0. The van der Waals surface area contributed by atoms with E-state index in [9.17, 15) is 0 Å². The molecule has 0 aliphatic carbocycles. The molecule has 0 saturated carbocycles. The Morgan fingerprint density at radius 1 is 1.00 bits per heavy atom. The van der Waals surface area contributed by atoms with E-state index < -0.39 is 0 Å². The standard InChI is InChI=1S/C9H20NO2/c1-4-7-10(8-11-5-2)9-12-6-3/h7H,4-6,8-9H2,1-3H3. The summed E-state index contributed by atoms with van der Waals surface area (Å²) in [6.45, 7) is 10.9. The van der Waals surface area contributed by atoms with E-state index in [0.717, 1.165) is 19.6 Å². The monoisotopic (exact) mass is 174 g/mol. The van der Waals surface area contributed by atoms with Crippen LogP contribution in [0.2, 0.25) is 0 Å². The van der Waals surface area contributed by atoms with Gasteiger partial charge < -0.3 is 9.47 Å². The van der Waals surface area contributed by atoms with Crippen LogP contribution in [0.15, 0.2) is 0 Å². The Balaban J connectivity index is 3.40. The van der Waals surface area contributed by atoms with E-state index in [-0.39, 0.29) is 0 Å². The van der Waals surface area contributed by atoms with Crippen LogP contribution >= 0.6 is 0 Å². The van der Waals surface area contributed by atoms with Crippen LogP contribution in [0.25, 0.3) is 0 Å². The van der Waals surface area contributed by atoms with Crippen molar-refractivity contribution in [1.29, 1.82) is 0 Å². The van der Waals surface area contributed by atoms with Gasteiger partial charge in [0.05, 0.1) is 0 Å². The van der Waals surface area contributed by atoms with Crippen LogP contribution in [0.5, 0.6) is 0 Å². The highest BCUT2D eigenvalue weighted by Crippen LogP contribution is 1.97. The van der Waals surface area contributed by atoms with Crippen LogP contribution < -0.4 is 0 Å². The van der Waals surface area contributed by atoms with E-state index in [1.54, 1.807) is 0 Å². The fourth-order valence-corrected chi connectivity index (χ4v) is 0.818. The number of hydrogen-bond acceptors (Lipinski definition) is 3. The summed E-state index contributed by atoms with van der Waals surface area (Å²) in [5, 5.41) is 0. The third-order valence-corrected chi connectivity index (χ3v) is 1.36. The van der Waals surface area contributed by atoms with Crippen molar-refractivity contribution < 1.29 is 9.47 Å². The SMILES string of the molecule is CC[CH]N(COCC)COCC. The quantitative estimate of drug-likeness (QED) is 0.524. The summed E-state index contributed by atoms with van der Waals surface area (Å²) >= 11 is 0. The lowest BCUT2D eigenvalue weighted by Crippen LogP contribution is -2.26. The van der Waals surface area contributed by atoms with Crippen molar-refractivity contribution in [1.82, 2.24) is 4.90 Å². The lowest BCUT2D eigenvalue weighted by atomic mass is 10.4. The van der Waals surface area contributed by atoms with Gasteiger partial charge in [0.2, 0.25) is 0 Å². The summed E-state index contributed by atoms with van der Waals surface area (Å²) in [6.07, 6.45) is 1.01. The zero-order chi connectivity index (χ0) is 9.23. The van der Waals surface area contributed by atoms with Gasteiger partial charge in [-0.15, -0.1) is 0 Å². The zero-order valence-corrected chi connectivity index (χ0v) is 8.38. The van der Waals surface area contributed by atoms with E-state index in [1.807, 2.05) is 18.7 Å². The van der Waals surface area contributed by atoms with Crippen molar-refractivity contribution in [2.24, 2.45) is 0 Å². The first-order valence-corrected chi connectivity index (χ1v) is 4.57. The first-order valence-electron chi connectivity index (χ1n) is 4.57. The second kappa shape index (κ2) is 8.97. The molecule has 0 N–H and O–H groups in total. The van der Waals surface area contributed by atoms with Gasteiger partial charge in [0.15, 0.2) is 0 Å². The molecule has 0 aromatic heterocycles. The van der Waals surface area contributed by atoms with E-state index in [2.05, 4.69) is 13.5 Å². The normalized spacial score (nSPS) is 11.0. The predicted molar refractivity (Wildman–Crippen MR) is 49.4 cm³/mol. The van der Waals surface area contributed by atoms with Crippen LogP contribution in [0, 0.1) is 6.54 Å². The molecule has 0 aliphatic rings. The van der Waals surface area contributed by atoms with Crippen LogP contribution in [0.4, 0.5) is 0 Å². The summed E-state index contributed by atoms with van der Waals surface area (Å²) in [7, 11) is 0. The minimum atomic E-state index is 0.629. The van der Waals surface area contributed by atoms with Gasteiger partial charge in [-0.05, 0) is 20.3 Å². The number of rotatable bonds is 8. The molecule has 73 valence electrons. The molecule has 0 heterocycles. The molecule has 0 amide bonds. The molecule has 0 unspecified atom stereocenters. The molecule has 3 heteroatoms. The molecule has 12 heavy (non-hydrogen) atoms. The molecule has 0 aliphatic heterocycles.